The van der Waals surface area contributed by atoms with Crippen LogP contribution in [-0.4, -0.2) is 124 Å². The van der Waals surface area contributed by atoms with Crippen LogP contribution >= 0.6 is 0 Å². The maximum Gasteiger partial charge on any atom is 0.379 e. The summed E-state index contributed by atoms with van der Waals surface area (Å²) in [4.78, 5) is 42.1. The molecule has 2 aliphatic heterocycles. The lowest BCUT2D eigenvalue weighted by atomic mass is 9.95. The van der Waals surface area contributed by atoms with Gasteiger partial charge in [0.2, 0.25) is 0 Å². The number of rotatable bonds is 24. The number of aliphatic hydroxyl groups is 1. The van der Waals surface area contributed by atoms with Crippen molar-refractivity contribution in [3.63, 3.8) is 0 Å². The molecule has 0 aliphatic carbocycles. The van der Waals surface area contributed by atoms with Crippen LogP contribution in [0, 0.1) is 0 Å². The Morgan fingerprint density at radius 3 is 1.87 bits per heavy atom. The van der Waals surface area contributed by atoms with E-state index in [0.29, 0.717) is 25.7 Å². The quantitative estimate of drug-likeness (QED) is 0.0286. The summed E-state index contributed by atoms with van der Waals surface area (Å²) in [7, 11) is 1.17. The van der Waals surface area contributed by atoms with Gasteiger partial charge in [-0.1, -0.05) is 88.8 Å². The van der Waals surface area contributed by atoms with Crippen LogP contribution in [0.2, 0.25) is 0 Å². The Kier molecular flexibility index (Phi) is 20.3. The Bertz CT molecular complexity index is 1280. The molecule has 1 aromatic carbocycles. The van der Waals surface area contributed by atoms with Crippen LogP contribution in [-0.2, 0) is 52.2 Å². The highest BCUT2D eigenvalue weighted by molar-refractivity contribution is 6.40. The summed E-state index contributed by atoms with van der Waals surface area (Å²) in [6.07, 6.45) is -5.08. The molecule has 0 bridgehead atoms. The molecule has 0 aromatic heterocycles. The third-order valence-electron chi connectivity index (χ3n) is 8.87. The molecule has 0 saturated carbocycles. The minimum atomic E-state index is -1.57. The van der Waals surface area contributed by atoms with E-state index in [-0.39, 0.29) is 32.0 Å². The van der Waals surface area contributed by atoms with E-state index in [0.717, 1.165) is 25.7 Å². The van der Waals surface area contributed by atoms with E-state index in [9.17, 15) is 25.0 Å². The number of azide groups is 1. The second-order valence-corrected chi connectivity index (χ2v) is 12.9. The van der Waals surface area contributed by atoms with Crippen molar-refractivity contribution >= 4 is 17.7 Å². The first-order valence-electron chi connectivity index (χ1n) is 18.7. The molecule has 0 radical (unpaired) electrons. The molecule has 10 atom stereocenters. The molecule has 1 N–H and O–H groups in total. The fourth-order valence-corrected chi connectivity index (χ4v) is 5.90. The predicted octanol–water partition coefficient (Wildman–Crippen LogP) is 4.83. The van der Waals surface area contributed by atoms with Gasteiger partial charge in [-0.2, -0.15) is 0 Å². The van der Waals surface area contributed by atoms with Crippen molar-refractivity contribution in [2.24, 2.45) is 5.11 Å². The minimum absolute atomic E-state index is 0.154. The molecule has 3 rings (SSSR count). The van der Waals surface area contributed by atoms with E-state index >= 15 is 0 Å². The highest BCUT2D eigenvalue weighted by atomic mass is 16.7. The highest BCUT2D eigenvalue weighted by Gasteiger charge is 2.55. The van der Waals surface area contributed by atoms with Crippen LogP contribution in [0.1, 0.15) is 89.4 Å². The van der Waals surface area contributed by atoms with E-state index in [1.54, 1.807) is 18.2 Å². The number of hydrogen-bond acceptors (Lipinski definition) is 14. The highest BCUT2D eigenvalue weighted by Crippen LogP contribution is 2.35. The molecular formula is C37H57N3O13. The zero-order chi connectivity index (χ0) is 38.6. The fourth-order valence-electron chi connectivity index (χ4n) is 5.90. The summed E-state index contributed by atoms with van der Waals surface area (Å²) in [5.74, 6) is -2.81. The van der Waals surface area contributed by atoms with Gasteiger partial charge in [-0.3, -0.25) is 4.79 Å². The number of methoxy groups -OCH3 is 1. The van der Waals surface area contributed by atoms with Crippen molar-refractivity contribution < 1.29 is 62.1 Å². The van der Waals surface area contributed by atoms with Gasteiger partial charge in [-0.25, -0.2) is 9.59 Å². The van der Waals surface area contributed by atoms with Crippen LogP contribution in [0.4, 0.5) is 0 Å². The van der Waals surface area contributed by atoms with Gasteiger partial charge >= 0.3 is 11.9 Å². The van der Waals surface area contributed by atoms with E-state index in [2.05, 4.69) is 10.0 Å². The summed E-state index contributed by atoms with van der Waals surface area (Å²) in [5.41, 5.74) is 9.94. The van der Waals surface area contributed by atoms with Crippen molar-refractivity contribution in [2.45, 2.75) is 140 Å². The van der Waals surface area contributed by atoms with Crippen molar-refractivity contribution in [3.8, 4) is 0 Å². The average Bonchev–Trinajstić information content (AvgIpc) is 3.17. The number of carbonyl (C=O) groups is 3. The zero-order valence-corrected chi connectivity index (χ0v) is 31.5. The van der Waals surface area contributed by atoms with Gasteiger partial charge in [0.25, 0.3) is 5.78 Å². The molecule has 2 heterocycles. The van der Waals surface area contributed by atoms with Gasteiger partial charge in [0.1, 0.15) is 43.2 Å². The lowest BCUT2D eigenvalue weighted by Crippen LogP contribution is -2.66. The van der Waals surface area contributed by atoms with E-state index < -0.39 is 85.7 Å². The topological polar surface area (TPSA) is 203 Å². The molecule has 2 fully saturated rings. The number of ketones is 1. The summed E-state index contributed by atoms with van der Waals surface area (Å²) in [5, 5.41) is 15.1. The van der Waals surface area contributed by atoms with E-state index in [1.165, 1.54) is 19.2 Å². The molecule has 298 valence electrons. The molecule has 0 spiro atoms. The Hall–Kier alpha value is -3.18. The Morgan fingerprint density at radius 1 is 0.774 bits per heavy atom. The number of nitrogens with zero attached hydrogens (tertiary/aromatic N) is 3. The van der Waals surface area contributed by atoms with Crippen LogP contribution in [0.15, 0.2) is 35.4 Å². The number of Topliss-reactive ketones (excluding diaryl/α,β-unsaturated/α-hetero) is 1. The molecule has 0 amide bonds. The van der Waals surface area contributed by atoms with Gasteiger partial charge in [-0.15, -0.1) is 0 Å². The maximum atomic E-state index is 13.2. The smallest absolute Gasteiger partial charge is 0.379 e. The average molecular weight is 752 g/mol. The number of hydrogen-bond donors (Lipinski definition) is 1. The maximum absolute atomic E-state index is 13.2. The van der Waals surface area contributed by atoms with Crippen LogP contribution in [0.3, 0.4) is 0 Å². The Labute approximate surface area is 311 Å². The first-order valence-corrected chi connectivity index (χ1v) is 18.7. The van der Waals surface area contributed by atoms with Gasteiger partial charge in [0.15, 0.2) is 18.7 Å². The van der Waals surface area contributed by atoms with Crippen molar-refractivity contribution in [3.05, 3.63) is 46.3 Å². The normalized spacial score (nSPS) is 28.5. The standard InChI is InChI=1S/C37H57N3O13/c1-6-10-19-46-28-25(23-50-34(42)27(41)24-17-15-14-16-18-24)51-37(26(39-40-38)29(28)47-20-11-7-2)53-31-30(48-21-12-8-3)32(49-22-13-9-4)36(44)52-33(31)35(43)45-5/h14-18,25-26,28-33,36-37,44H,6-13,19-23H2,1-5H3/t25?,26?,28-,29-,30+,31?,32+,33?,36?,37+/m1/s1. The van der Waals surface area contributed by atoms with Crippen LogP contribution < -0.4 is 0 Å². The summed E-state index contributed by atoms with van der Waals surface area (Å²) in [6.45, 7) is 8.57. The molecule has 16 nitrogen and oxygen atoms in total. The molecule has 5 unspecified atom stereocenters. The monoisotopic (exact) mass is 751 g/mol. The molecule has 2 saturated heterocycles. The number of benzene rings is 1. The fraction of sp³-hybridized carbons (Fsp3) is 0.757. The van der Waals surface area contributed by atoms with Crippen molar-refractivity contribution in [2.75, 3.05) is 40.1 Å². The van der Waals surface area contributed by atoms with E-state index in [4.69, 9.17) is 42.6 Å². The second-order valence-electron chi connectivity index (χ2n) is 12.9. The van der Waals surface area contributed by atoms with Gasteiger partial charge in [0, 0.05) is 36.9 Å². The summed E-state index contributed by atoms with van der Waals surface area (Å²) in [6, 6.07) is 6.79. The SMILES string of the molecule is CCCCO[C@@H]1C(COC(=O)C(=O)c2ccccc2)O[C@@H](OC2C(C(=O)OC)OC(O)[C@@H](OCCCC)[C@H]2OCCCC)C(N=[N+]=[N-])[C@H]1OCCCC. The van der Waals surface area contributed by atoms with Gasteiger partial charge in [0.05, 0.1) is 13.2 Å². The molecule has 1 aromatic rings. The lowest BCUT2D eigenvalue weighted by Gasteiger charge is -2.48. The summed E-state index contributed by atoms with van der Waals surface area (Å²) >= 11 is 0. The van der Waals surface area contributed by atoms with Crippen molar-refractivity contribution in [1.82, 2.24) is 0 Å². The van der Waals surface area contributed by atoms with Gasteiger partial charge in [-0.05, 0) is 31.2 Å². The number of ether oxygens (including phenoxy) is 9. The number of unbranched alkanes of at least 4 members (excludes halogenated alkanes) is 4. The first kappa shape index (κ1) is 44.2. The second kappa shape index (κ2) is 24.3. The number of aliphatic hydroxyl groups excluding tert-OH is 1. The largest absolute Gasteiger partial charge is 0.467 e. The van der Waals surface area contributed by atoms with Crippen LogP contribution in [0.25, 0.3) is 10.4 Å². The predicted molar refractivity (Wildman–Crippen MR) is 190 cm³/mol. The summed E-state index contributed by atoms with van der Waals surface area (Å²) < 4.78 is 54.2. The third kappa shape index (κ3) is 13.0. The lowest BCUT2D eigenvalue weighted by molar-refractivity contribution is -0.346. The molecular weight excluding hydrogens is 694 g/mol. The zero-order valence-electron chi connectivity index (χ0n) is 31.5. The van der Waals surface area contributed by atoms with Crippen LogP contribution in [0.5, 0.6) is 0 Å². The molecule has 53 heavy (non-hydrogen) atoms. The van der Waals surface area contributed by atoms with E-state index in [1.807, 2.05) is 27.7 Å². The molecule has 16 heteroatoms. The minimum Gasteiger partial charge on any atom is -0.467 e. The Balaban J connectivity index is 2.05. The number of carbonyl (C=O) groups excluding carboxylic acids is 3. The van der Waals surface area contributed by atoms with Gasteiger partial charge < -0.3 is 47.7 Å². The Morgan fingerprint density at radius 2 is 1.32 bits per heavy atom. The number of esters is 2. The first-order chi connectivity index (χ1) is 25.8. The third-order valence-corrected chi connectivity index (χ3v) is 8.87. The van der Waals surface area contributed by atoms with Crippen molar-refractivity contribution in [1.29, 1.82) is 0 Å². The molecule has 2 aliphatic rings.